The Labute approximate surface area is 312 Å². The molecule has 7 rings (SSSR count). The number of ether oxygens (including phenoxy) is 4. The number of amides is 3. The van der Waals surface area contributed by atoms with Crippen molar-refractivity contribution < 1.29 is 32.7 Å². The first-order chi connectivity index (χ1) is 25.1. The average molecular weight is 755 g/mol. The van der Waals surface area contributed by atoms with Crippen molar-refractivity contribution in [2.45, 2.75) is 63.1 Å². The van der Waals surface area contributed by atoms with Gasteiger partial charge in [-0.15, -0.1) is 4.36 Å². The van der Waals surface area contributed by atoms with E-state index in [1.807, 2.05) is 25.1 Å². The molecule has 282 valence electrons. The zero-order chi connectivity index (χ0) is 36.5. The summed E-state index contributed by atoms with van der Waals surface area (Å²) in [6.45, 7) is 5.23. The van der Waals surface area contributed by atoms with Crippen LogP contribution in [0.5, 0.6) is 5.75 Å². The van der Waals surface area contributed by atoms with E-state index in [9.17, 15) is 13.8 Å². The number of fused-ring (bicyclic) bond motifs is 4. The van der Waals surface area contributed by atoms with Crippen LogP contribution in [0.4, 0.5) is 10.5 Å². The second-order valence-corrected chi connectivity index (χ2v) is 17.7. The van der Waals surface area contributed by atoms with E-state index in [1.165, 1.54) is 11.1 Å². The smallest absolute Gasteiger partial charge is 0.330 e. The molecule has 2 aromatic rings. The van der Waals surface area contributed by atoms with Gasteiger partial charge in [-0.25, -0.2) is 9.00 Å². The Balaban J connectivity index is 1.26. The number of hydrogen-bond donors (Lipinski definition) is 1. The number of halogens is 1. The van der Waals surface area contributed by atoms with E-state index in [0.717, 1.165) is 49.4 Å². The summed E-state index contributed by atoms with van der Waals surface area (Å²) in [4.78, 5) is 31.6. The lowest BCUT2D eigenvalue weighted by molar-refractivity contribution is -0.0489. The van der Waals surface area contributed by atoms with Crippen LogP contribution in [0.25, 0.3) is 0 Å². The molecule has 1 unspecified atom stereocenters. The standard InChI is InChI=1S/C39H51ClN4O7S/c1-26-6-4-8-35(49-3)32-12-9-29(32)20-44-24-39(15-5-7-27-18-30(40)11-13-33(27)39)25-51-36-14-10-28(19-34(36)44)37(45)41-52(47,23-26)42-38(46)43-16-17-50-31(21-43)22-48-2/h4,8,10-11,13-14,18-19,26,29,31-32,35H,5-7,9,12,15-17,20-25H2,1-3H3,(H,41,42,45,46,47)/b8-4-/t26-,29-,31-,32+,35-,39-,52?/m0/s1. The van der Waals surface area contributed by atoms with Gasteiger partial charge in [0.2, 0.25) is 0 Å². The minimum absolute atomic E-state index is 0.0104. The number of morpholine rings is 1. The van der Waals surface area contributed by atoms with E-state index < -0.39 is 21.9 Å². The van der Waals surface area contributed by atoms with Gasteiger partial charge in [0.15, 0.2) is 0 Å². The van der Waals surface area contributed by atoms with E-state index in [4.69, 9.17) is 30.5 Å². The first-order valence-electron chi connectivity index (χ1n) is 18.6. The largest absolute Gasteiger partial charge is 0.490 e. The van der Waals surface area contributed by atoms with Crippen molar-refractivity contribution >= 4 is 39.1 Å². The van der Waals surface area contributed by atoms with Crippen LogP contribution in [0, 0.1) is 17.8 Å². The summed E-state index contributed by atoms with van der Waals surface area (Å²) in [5.74, 6) is 0.655. The molecule has 1 N–H and O–H groups in total. The Bertz CT molecular complexity index is 1810. The molecule has 52 heavy (non-hydrogen) atoms. The minimum atomic E-state index is -3.53. The van der Waals surface area contributed by atoms with Crippen molar-refractivity contribution in [3.8, 4) is 5.75 Å². The van der Waals surface area contributed by atoms with Crippen LogP contribution >= 0.6 is 11.6 Å². The predicted octanol–water partition coefficient (Wildman–Crippen LogP) is 6.03. The van der Waals surface area contributed by atoms with Gasteiger partial charge in [0.1, 0.15) is 15.7 Å². The lowest BCUT2D eigenvalue weighted by Crippen LogP contribution is -2.52. The maximum atomic E-state index is 14.6. The van der Waals surface area contributed by atoms with E-state index in [2.05, 4.69) is 38.3 Å². The zero-order valence-corrected chi connectivity index (χ0v) is 32.0. The van der Waals surface area contributed by atoms with Crippen molar-refractivity contribution in [1.29, 1.82) is 0 Å². The molecule has 0 aromatic heterocycles. The lowest BCUT2D eigenvalue weighted by atomic mass is 9.68. The summed E-state index contributed by atoms with van der Waals surface area (Å²) < 4.78 is 45.3. The normalized spacial score (nSPS) is 32.7. The van der Waals surface area contributed by atoms with Crippen LogP contribution in [0.1, 0.15) is 60.5 Å². The first-order valence-corrected chi connectivity index (χ1v) is 20.6. The van der Waals surface area contributed by atoms with Crippen molar-refractivity contribution in [1.82, 2.24) is 9.62 Å². The van der Waals surface area contributed by atoms with Gasteiger partial charge in [-0.2, -0.15) is 0 Å². The van der Waals surface area contributed by atoms with Crippen molar-refractivity contribution in [3.63, 3.8) is 0 Å². The molecule has 3 heterocycles. The summed E-state index contributed by atoms with van der Waals surface area (Å²) >= 11 is 6.46. The molecule has 5 aliphatic rings. The van der Waals surface area contributed by atoms with Crippen LogP contribution < -0.4 is 14.4 Å². The molecule has 1 saturated carbocycles. The van der Waals surface area contributed by atoms with Gasteiger partial charge >= 0.3 is 6.03 Å². The van der Waals surface area contributed by atoms with Crippen LogP contribution in [0.15, 0.2) is 52.9 Å². The van der Waals surface area contributed by atoms with E-state index in [0.29, 0.717) is 62.5 Å². The molecule has 13 heteroatoms. The highest BCUT2D eigenvalue weighted by Gasteiger charge is 2.44. The maximum absolute atomic E-state index is 14.6. The summed E-state index contributed by atoms with van der Waals surface area (Å²) in [7, 11) is -0.186. The summed E-state index contributed by atoms with van der Waals surface area (Å²) in [5, 5.41) is 0.740. The van der Waals surface area contributed by atoms with E-state index in [-0.39, 0.29) is 35.8 Å². The Hall–Kier alpha value is -3.16. The molecule has 0 radical (unpaired) electrons. The SMILES string of the molecule is COC[C@@H]1CN(C(=O)NS2(=O)=NC(=O)c3ccc4c(c3)N(C[C@@H]3CC[C@H]3[C@@H](OC)/C=C\C[C@H](C)C2)C[C@@]2(CCCc3cc(Cl)ccc32)CO4)CCO1. The first kappa shape index (κ1) is 37.2. The maximum Gasteiger partial charge on any atom is 0.330 e. The quantitative estimate of drug-likeness (QED) is 0.376. The molecule has 7 atom stereocenters. The van der Waals surface area contributed by atoms with Gasteiger partial charge in [-0.05, 0) is 97.7 Å². The average Bonchev–Trinajstić information content (AvgIpc) is 3.25. The van der Waals surface area contributed by atoms with Gasteiger partial charge in [0.25, 0.3) is 5.91 Å². The second kappa shape index (κ2) is 15.7. The molecule has 2 aliphatic carbocycles. The van der Waals surface area contributed by atoms with Crippen LogP contribution in [0.2, 0.25) is 5.02 Å². The third kappa shape index (κ3) is 7.87. The Morgan fingerprint density at radius 3 is 2.83 bits per heavy atom. The highest BCUT2D eigenvalue weighted by molar-refractivity contribution is 7.92. The van der Waals surface area contributed by atoms with Crippen molar-refractivity contribution in [2.75, 3.05) is 70.9 Å². The number of aryl methyl sites for hydroxylation is 1. The topological polar surface area (TPSA) is 119 Å². The number of nitrogens with one attached hydrogen (secondary N) is 1. The third-order valence-electron chi connectivity index (χ3n) is 11.5. The number of allylic oxidation sites excluding steroid dienone is 1. The molecule has 2 bridgehead atoms. The molecule has 2 aromatic carbocycles. The van der Waals surface area contributed by atoms with Gasteiger partial charge in [0, 0.05) is 49.9 Å². The van der Waals surface area contributed by atoms with E-state index >= 15 is 0 Å². The van der Waals surface area contributed by atoms with Gasteiger partial charge in [0.05, 0.1) is 50.0 Å². The molecule has 3 aliphatic heterocycles. The van der Waals surface area contributed by atoms with Crippen LogP contribution in [-0.4, -0.2) is 99.2 Å². The zero-order valence-electron chi connectivity index (χ0n) is 30.4. The molecule has 2 fully saturated rings. The fraction of sp³-hybridized carbons (Fsp3) is 0.590. The fourth-order valence-corrected chi connectivity index (χ4v) is 10.8. The third-order valence-corrected chi connectivity index (χ3v) is 13.8. The number of rotatable bonds is 4. The monoisotopic (exact) mass is 754 g/mol. The number of benzene rings is 2. The molecule has 1 saturated heterocycles. The summed E-state index contributed by atoms with van der Waals surface area (Å²) in [6, 6.07) is 11.1. The number of hydrogen-bond acceptors (Lipinski definition) is 8. The van der Waals surface area contributed by atoms with Crippen LogP contribution in [0.3, 0.4) is 0 Å². The predicted molar refractivity (Wildman–Crippen MR) is 202 cm³/mol. The van der Waals surface area contributed by atoms with Gasteiger partial charge in [-0.1, -0.05) is 36.7 Å². The Kier molecular flexibility index (Phi) is 11.2. The Morgan fingerprint density at radius 2 is 2.04 bits per heavy atom. The van der Waals surface area contributed by atoms with Crippen molar-refractivity contribution in [2.24, 2.45) is 22.1 Å². The van der Waals surface area contributed by atoms with Gasteiger partial charge < -0.3 is 28.7 Å². The number of urea groups is 1. The highest BCUT2D eigenvalue weighted by atomic mass is 35.5. The number of carbonyl (C=O) groups excluding carboxylic acids is 2. The highest BCUT2D eigenvalue weighted by Crippen LogP contribution is 2.47. The molecular weight excluding hydrogens is 704 g/mol. The fourth-order valence-electron chi connectivity index (χ4n) is 8.76. The minimum Gasteiger partial charge on any atom is -0.490 e. The summed E-state index contributed by atoms with van der Waals surface area (Å²) in [6.07, 6.45) is 9.59. The molecule has 1 spiro atoms. The number of carbonyl (C=O) groups is 2. The molecular formula is C39H51ClN4O7S. The molecule has 11 nitrogen and oxygen atoms in total. The van der Waals surface area contributed by atoms with Crippen LogP contribution in [-0.2, 0) is 36.0 Å². The number of methoxy groups -OCH3 is 2. The van der Waals surface area contributed by atoms with E-state index in [1.54, 1.807) is 25.2 Å². The number of nitrogens with zero attached hydrogens (tertiary/aromatic N) is 3. The summed E-state index contributed by atoms with van der Waals surface area (Å²) in [5.41, 5.74) is 3.40. The second-order valence-electron chi connectivity index (χ2n) is 15.3. The van der Waals surface area contributed by atoms with Crippen molar-refractivity contribution in [3.05, 3.63) is 70.3 Å². The Morgan fingerprint density at radius 1 is 1.17 bits per heavy atom. The lowest BCUT2D eigenvalue weighted by Gasteiger charge is -2.46. The number of anilines is 1. The molecule has 3 amide bonds. The van der Waals surface area contributed by atoms with Gasteiger partial charge in [-0.3, -0.25) is 9.52 Å².